The van der Waals surface area contributed by atoms with Crippen molar-refractivity contribution in [1.82, 2.24) is 5.32 Å². The monoisotopic (exact) mass is 293 g/mol. The lowest BCUT2D eigenvalue weighted by atomic mass is 9.87. The summed E-state index contributed by atoms with van der Waals surface area (Å²) in [7, 11) is 0. The van der Waals surface area contributed by atoms with Crippen LogP contribution in [-0.2, 0) is 14.3 Å². The van der Waals surface area contributed by atoms with Crippen LogP contribution in [0.4, 0.5) is 4.79 Å². The first-order valence-electron chi connectivity index (χ1n) is 6.34. The summed E-state index contributed by atoms with van der Waals surface area (Å²) in [6.45, 7) is 9.85. The molecule has 0 aliphatic carbocycles. The average molecular weight is 294 g/mol. The fraction of sp³-hybridized carbons (Fsp3) is 0.846. The summed E-state index contributed by atoms with van der Waals surface area (Å²) >= 11 is 5.42. The quantitative estimate of drug-likeness (QED) is 0.604. The number of nitrogens with one attached hydrogen (secondary N) is 1. The van der Waals surface area contributed by atoms with Crippen LogP contribution in [-0.4, -0.2) is 37.2 Å². The van der Waals surface area contributed by atoms with Crippen molar-refractivity contribution < 1.29 is 19.1 Å². The van der Waals surface area contributed by atoms with E-state index in [4.69, 9.17) is 21.1 Å². The molecule has 1 unspecified atom stereocenters. The Labute approximate surface area is 120 Å². The second-order valence-electron chi connectivity index (χ2n) is 5.79. The van der Waals surface area contributed by atoms with Gasteiger partial charge in [0.25, 0.3) is 0 Å². The summed E-state index contributed by atoms with van der Waals surface area (Å²) in [5, 5.41) is 2.52. The summed E-state index contributed by atoms with van der Waals surface area (Å²) in [6, 6.07) is -0.755. The van der Waals surface area contributed by atoms with E-state index in [2.05, 4.69) is 5.32 Å². The molecule has 0 aromatic heterocycles. The Hall–Kier alpha value is -0.970. The van der Waals surface area contributed by atoms with E-state index in [0.29, 0.717) is 6.61 Å². The number of esters is 1. The van der Waals surface area contributed by atoms with Crippen molar-refractivity contribution in [2.45, 2.75) is 40.7 Å². The van der Waals surface area contributed by atoms with E-state index < -0.39 is 23.5 Å². The average Bonchev–Trinajstić information content (AvgIpc) is 2.28. The van der Waals surface area contributed by atoms with Gasteiger partial charge in [-0.05, 0) is 11.3 Å². The molecule has 0 rings (SSSR count). The predicted octanol–water partition coefficient (Wildman–Crippen LogP) is 2.57. The Balaban J connectivity index is 4.55. The molecule has 0 saturated heterocycles. The molecule has 6 heteroatoms. The van der Waals surface area contributed by atoms with Crippen molar-refractivity contribution in [2.75, 3.05) is 19.1 Å². The molecule has 0 aromatic rings. The highest BCUT2D eigenvalue weighted by molar-refractivity contribution is 6.18. The van der Waals surface area contributed by atoms with Crippen molar-refractivity contribution >= 4 is 23.7 Å². The van der Waals surface area contributed by atoms with Gasteiger partial charge in [0, 0.05) is 0 Å². The molecule has 1 amide bonds. The maximum Gasteiger partial charge on any atom is 0.407 e. The van der Waals surface area contributed by atoms with E-state index in [1.54, 1.807) is 0 Å². The summed E-state index contributed by atoms with van der Waals surface area (Å²) < 4.78 is 9.97. The Bertz CT molecular complexity index is 300. The van der Waals surface area contributed by atoms with Crippen molar-refractivity contribution in [2.24, 2.45) is 11.3 Å². The molecule has 0 heterocycles. The lowest BCUT2D eigenvalue weighted by Crippen LogP contribution is -2.50. The number of alkyl carbamates (subject to hydrolysis) is 1. The third kappa shape index (κ3) is 7.93. The van der Waals surface area contributed by atoms with E-state index in [1.165, 1.54) is 0 Å². The number of carbonyl (C=O) groups excluding carboxylic acids is 2. The molecular weight excluding hydrogens is 270 g/mol. The molecule has 19 heavy (non-hydrogen) atoms. The van der Waals surface area contributed by atoms with E-state index >= 15 is 0 Å². The van der Waals surface area contributed by atoms with Crippen LogP contribution >= 0.6 is 11.6 Å². The number of amides is 1. The van der Waals surface area contributed by atoms with Gasteiger partial charge in [-0.1, -0.05) is 34.6 Å². The molecule has 0 aliphatic heterocycles. The molecule has 0 aromatic carbocycles. The van der Waals surface area contributed by atoms with Crippen LogP contribution < -0.4 is 5.32 Å². The lowest BCUT2D eigenvalue weighted by molar-refractivity contribution is -0.150. The van der Waals surface area contributed by atoms with Gasteiger partial charge >= 0.3 is 12.1 Å². The van der Waals surface area contributed by atoms with Crippen molar-refractivity contribution in [3.8, 4) is 0 Å². The third-order valence-corrected chi connectivity index (χ3v) is 2.39. The minimum atomic E-state index is -0.755. The number of hydrogen-bond acceptors (Lipinski definition) is 4. The van der Waals surface area contributed by atoms with E-state index in [0.717, 1.165) is 0 Å². The van der Waals surface area contributed by atoms with Gasteiger partial charge in [0.05, 0.1) is 12.5 Å². The number of carbonyl (C=O) groups is 2. The van der Waals surface area contributed by atoms with Crippen LogP contribution in [0.5, 0.6) is 0 Å². The predicted molar refractivity (Wildman–Crippen MR) is 74.2 cm³/mol. The standard InChI is InChI=1S/C13H24ClNO4/c1-9(2)8-19-11(16)10(13(3,4)5)15-12(17)18-7-6-14/h9-10H,6-8H2,1-5H3,(H,15,17). The zero-order valence-electron chi connectivity index (χ0n) is 12.3. The van der Waals surface area contributed by atoms with Crippen LogP contribution in [0.1, 0.15) is 34.6 Å². The third-order valence-electron chi connectivity index (χ3n) is 2.23. The minimum Gasteiger partial charge on any atom is -0.464 e. The van der Waals surface area contributed by atoms with Gasteiger partial charge < -0.3 is 14.8 Å². The van der Waals surface area contributed by atoms with Crippen LogP contribution in [0.3, 0.4) is 0 Å². The van der Waals surface area contributed by atoms with Gasteiger partial charge in [-0.15, -0.1) is 11.6 Å². The van der Waals surface area contributed by atoms with Crippen molar-refractivity contribution in [3.05, 3.63) is 0 Å². The number of ether oxygens (including phenoxy) is 2. The molecule has 0 bridgehead atoms. The van der Waals surface area contributed by atoms with Gasteiger partial charge in [-0.3, -0.25) is 0 Å². The van der Waals surface area contributed by atoms with Crippen LogP contribution in [0.15, 0.2) is 0 Å². The zero-order chi connectivity index (χ0) is 15.1. The van der Waals surface area contributed by atoms with Gasteiger partial charge in [-0.2, -0.15) is 0 Å². The summed E-state index contributed by atoms with van der Waals surface area (Å²) in [4.78, 5) is 23.5. The fourth-order valence-electron chi connectivity index (χ4n) is 1.25. The highest BCUT2D eigenvalue weighted by Crippen LogP contribution is 2.20. The molecular formula is C13H24ClNO4. The molecule has 1 N–H and O–H groups in total. The number of rotatable bonds is 6. The first-order valence-corrected chi connectivity index (χ1v) is 6.87. The molecule has 1 atom stereocenters. The van der Waals surface area contributed by atoms with Gasteiger partial charge in [-0.25, -0.2) is 9.59 Å². The van der Waals surface area contributed by atoms with E-state index in [1.807, 2.05) is 34.6 Å². The van der Waals surface area contributed by atoms with Crippen LogP contribution in [0, 0.1) is 11.3 Å². The molecule has 5 nitrogen and oxygen atoms in total. The Morgan fingerprint density at radius 1 is 1.21 bits per heavy atom. The van der Waals surface area contributed by atoms with Crippen molar-refractivity contribution in [1.29, 1.82) is 0 Å². The zero-order valence-corrected chi connectivity index (χ0v) is 13.0. The summed E-state index contributed by atoms with van der Waals surface area (Å²) in [6.07, 6.45) is -0.665. The Morgan fingerprint density at radius 2 is 1.79 bits per heavy atom. The molecule has 0 fully saturated rings. The first kappa shape index (κ1) is 18.0. The van der Waals surface area contributed by atoms with Gasteiger partial charge in [0.15, 0.2) is 0 Å². The molecule has 0 spiro atoms. The fourth-order valence-corrected chi connectivity index (χ4v) is 1.33. The number of halogens is 1. The van der Waals surface area contributed by atoms with E-state index in [-0.39, 0.29) is 18.4 Å². The first-order chi connectivity index (χ1) is 8.68. The largest absolute Gasteiger partial charge is 0.464 e. The van der Waals surface area contributed by atoms with Crippen LogP contribution in [0.2, 0.25) is 0 Å². The van der Waals surface area contributed by atoms with Gasteiger partial charge in [0.1, 0.15) is 12.6 Å². The Morgan fingerprint density at radius 3 is 2.21 bits per heavy atom. The summed E-state index contributed by atoms with van der Waals surface area (Å²) in [5.74, 6) is 0.00239. The SMILES string of the molecule is CC(C)COC(=O)C(NC(=O)OCCCl)C(C)(C)C. The topological polar surface area (TPSA) is 64.6 Å². The number of hydrogen-bond donors (Lipinski definition) is 1. The second kappa shape index (κ2) is 8.25. The smallest absolute Gasteiger partial charge is 0.407 e. The van der Waals surface area contributed by atoms with E-state index in [9.17, 15) is 9.59 Å². The maximum atomic E-state index is 12.0. The minimum absolute atomic E-state index is 0.102. The molecule has 112 valence electrons. The second-order valence-corrected chi connectivity index (χ2v) is 6.17. The molecule has 0 aliphatic rings. The number of alkyl halides is 1. The lowest BCUT2D eigenvalue weighted by Gasteiger charge is -2.29. The summed E-state index contributed by atoms with van der Waals surface area (Å²) in [5.41, 5.74) is -0.464. The normalized spacial score (nSPS) is 13.0. The van der Waals surface area contributed by atoms with Gasteiger partial charge in [0.2, 0.25) is 0 Å². The highest BCUT2D eigenvalue weighted by Gasteiger charge is 2.34. The van der Waals surface area contributed by atoms with Crippen molar-refractivity contribution in [3.63, 3.8) is 0 Å². The molecule has 0 radical (unpaired) electrons. The Kier molecular flexibility index (Phi) is 7.83. The van der Waals surface area contributed by atoms with Crippen LogP contribution in [0.25, 0.3) is 0 Å². The molecule has 0 saturated carbocycles. The highest BCUT2D eigenvalue weighted by atomic mass is 35.5. The maximum absolute atomic E-state index is 12.0.